The zero-order valence-corrected chi connectivity index (χ0v) is 9.97. The van der Waals surface area contributed by atoms with E-state index in [9.17, 15) is 0 Å². The minimum atomic E-state index is -0.0614. The highest BCUT2D eigenvalue weighted by Gasteiger charge is 2.20. The Labute approximate surface area is 91.4 Å². The molecular formula is C11H21N3O. The molecule has 0 radical (unpaired) electrons. The standard InChI is InChI=1S/C11H21N3O/c1-5-8(2)15-11(9(3)12)10-6-13-14(4)7-10/h6-9,11H,5,12H2,1-4H3. The molecule has 2 N–H and O–H groups in total. The number of aryl methyl sites for hydroxylation is 1. The van der Waals surface area contributed by atoms with Gasteiger partial charge in [-0.1, -0.05) is 6.92 Å². The number of rotatable bonds is 5. The molecule has 86 valence electrons. The normalized spacial score (nSPS) is 17.4. The van der Waals surface area contributed by atoms with Gasteiger partial charge in [0.2, 0.25) is 0 Å². The third-order valence-electron chi connectivity index (χ3n) is 2.48. The molecule has 1 aromatic rings. The molecular weight excluding hydrogens is 190 g/mol. The highest BCUT2D eigenvalue weighted by Crippen LogP contribution is 2.22. The Morgan fingerprint density at radius 1 is 1.53 bits per heavy atom. The molecule has 1 heterocycles. The lowest BCUT2D eigenvalue weighted by Gasteiger charge is -2.23. The zero-order valence-electron chi connectivity index (χ0n) is 9.97. The van der Waals surface area contributed by atoms with E-state index in [1.807, 2.05) is 26.4 Å². The van der Waals surface area contributed by atoms with Gasteiger partial charge in [0.25, 0.3) is 0 Å². The van der Waals surface area contributed by atoms with Crippen molar-refractivity contribution in [2.75, 3.05) is 0 Å². The van der Waals surface area contributed by atoms with Gasteiger partial charge in [-0.25, -0.2) is 0 Å². The Morgan fingerprint density at radius 3 is 2.60 bits per heavy atom. The fourth-order valence-electron chi connectivity index (χ4n) is 1.44. The first-order valence-corrected chi connectivity index (χ1v) is 5.44. The summed E-state index contributed by atoms with van der Waals surface area (Å²) in [6, 6.07) is -0.0248. The lowest BCUT2D eigenvalue weighted by Crippen LogP contribution is -2.29. The minimum Gasteiger partial charge on any atom is -0.369 e. The maximum atomic E-state index is 5.92. The lowest BCUT2D eigenvalue weighted by molar-refractivity contribution is -0.0161. The first-order valence-electron chi connectivity index (χ1n) is 5.44. The molecule has 1 aromatic heterocycles. The van der Waals surface area contributed by atoms with Crippen LogP contribution in [0, 0.1) is 0 Å². The summed E-state index contributed by atoms with van der Waals surface area (Å²) in [7, 11) is 1.89. The molecule has 0 saturated heterocycles. The van der Waals surface area contributed by atoms with Crippen LogP contribution in [-0.4, -0.2) is 21.9 Å². The smallest absolute Gasteiger partial charge is 0.101 e. The zero-order chi connectivity index (χ0) is 11.4. The molecule has 0 spiro atoms. The average Bonchev–Trinajstić information content (AvgIpc) is 2.60. The number of aromatic nitrogens is 2. The van der Waals surface area contributed by atoms with E-state index in [0.717, 1.165) is 12.0 Å². The van der Waals surface area contributed by atoms with Crippen LogP contribution in [0.15, 0.2) is 12.4 Å². The van der Waals surface area contributed by atoms with Crippen molar-refractivity contribution in [3.63, 3.8) is 0 Å². The molecule has 0 aromatic carbocycles. The van der Waals surface area contributed by atoms with Crippen molar-refractivity contribution in [1.29, 1.82) is 0 Å². The van der Waals surface area contributed by atoms with Crippen LogP contribution in [0.1, 0.15) is 38.9 Å². The molecule has 0 saturated carbocycles. The maximum absolute atomic E-state index is 5.92. The summed E-state index contributed by atoms with van der Waals surface area (Å²) in [6.45, 7) is 6.12. The van der Waals surface area contributed by atoms with E-state index in [-0.39, 0.29) is 18.2 Å². The van der Waals surface area contributed by atoms with Crippen molar-refractivity contribution >= 4 is 0 Å². The third-order valence-corrected chi connectivity index (χ3v) is 2.48. The van der Waals surface area contributed by atoms with Crippen LogP contribution < -0.4 is 5.73 Å². The largest absolute Gasteiger partial charge is 0.369 e. The van der Waals surface area contributed by atoms with Crippen molar-refractivity contribution in [2.24, 2.45) is 12.8 Å². The highest BCUT2D eigenvalue weighted by molar-refractivity contribution is 5.10. The summed E-state index contributed by atoms with van der Waals surface area (Å²) in [5, 5.41) is 4.13. The predicted octanol–water partition coefficient (Wildman–Crippen LogP) is 1.62. The number of nitrogens with two attached hydrogens (primary N) is 1. The molecule has 15 heavy (non-hydrogen) atoms. The van der Waals surface area contributed by atoms with Gasteiger partial charge in [-0.15, -0.1) is 0 Å². The second-order valence-corrected chi connectivity index (χ2v) is 4.08. The number of ether oxygens (including phenoxy) is 1. The minimum absolute atomic E-state index is 0.0248. The number of hydrogen-bond acceptors (Lipinski definition) is 3. The van der Waals surface area contributed by atoms with Gasteiger partial charge >= 0.3 is 0 Å². The van der Waals surface area contributed by atoms with Crippen molar-refractivity contribution in [2.45, 2.75) is 45.4 Å². The third kappa shape index (κ3) is 3.32. The Morgan fingerprint density at radius 2 is 2.20 bits per heavy atom. The maximum Gasteiger partial charge on any atom is 0.101 e. The van der Waals surface area contributed by atoms with Gasteiger partial charge in [0, 0.05) is 24.8 Å². The van der Waals surface area contributed by atoms with Gasteiger partial charge in [-0.2, -0.15) is 5.10 Å². The molecule has 4 heteroatoms. The topological polar surface area (TPSA) is 53.1 Å². The van der Waals surface area contributed by atoms with Gasteiger partial charge < -0.3 is 10.5 Å². The second-order valence-electron chi connectivity index (χ2n) is 4.08. The predicted molar refractivity (Wildman–Crippen MR) is 60.4 cm³/mol. The number of hydrogen-bond donors (Lipinski definition) is 1. The van der Waals surface area contributed by atoms with Crippen LogP contribution in [0.25, 0.3) is 0 Å². The molecule has 0 aliphatic carbocycles. The van der Waals surface area contributed by atoms with Crippen LogP contribution in [0.5, 0.6) is 0 Å². The Kier molecular flexibility index (Phi) is 4.29. The fraction of sp³-hybridized carbons (Fsp3) is 0.727. The highest BCUT2D eigenvalue weighted by atomic mass is 16.5. The molecule has 0 amide bonds. The molecule has 0 fully saturated rings. The van der Waals surface area contributed by atoms with Gasteiger partial charge in [-0.05, 0) is 20.3 Å². The van der Waals surface area contributed by atoms with Gasteiger partial charge in [0.05, 0.1) is 12.3 Å². The van der Waals surface area contributed by atoms with E-state index in [0.29, 0.717) is 0 Å². The fourth-order valence-corrected chi connectivity index (χ4v) is 1.44. The summed E-state index contributed by atoms with van der Waals surface area (Å²) in [5.41, 5.74) is 6.97. The molecule has 3 unspecified atom stereocenters. The van der Waals surface area contributed by atoms with Crippen molar-refractivity contribution in [3.05, 3.63) is 18.0 Å². The van der Waals surface area contributed by atoms with E-state index in [1.165, 1.54) is 0 Å². The van der Waals surface area contributed by atoms with E-state index in [2.05, 4.69) is 18.9 Å². The van der Waals surface area contributed by atoms with Crippen molar-refractivity contribution < 1.29 is 4.74 Å². The molecule has 0 aliphatic heterocycles. The van der Waals surface area contributed by atoms with E-state index >= 15 is 0 Å². The van der Waals surface area contributed by atoms with Crippen LogP contribution in [-0.2, 0) is 11.8 Å². The summed E-state index contributed by atoms with van der Waals surface area (Å²) < 4.78 is 7.65. The monoisotopic (exact) mass is 211 g/mol. The van der Waals surface area contributed by atoms with Crippen LogP contribution in [0.2, 0.25) is 0 Å². The summed E-state index contributed by atoms with van der Waals surface area (Å²) in [6.07, 6.45) is 4.92. The van der Waals surface area contributed by atoms with Gasteiger partial charge in [0.1, 0.15) is 6.10 Å². The average molecular weight is 211 g/mol. The summed E-state index contributed by atoms with van der Waals surface area (Å²) in [5.74, 6) is 0. The molecule has 0 aliphatic rings. The molecule has 0 bridgehead atoms. The van der Waals surface area contributed by atoms with Crippen LogP contribution >= 0.6 is 0 Å². The van der Waals surface area contributed by atoms with E-state index in [4.69, 9.17) is 10.5 Å². The first-order chi connectivity index (χ1) is 7.04. The van der Waals surface area contributed by atoms with Gasteiger partial charge in [-0.3, -0.25) is 4.68 Å². The second kappa shape index (κ2) is 5.28. The molecule has 4 nitrogen and oxygen atoms in total. The van der Waals surface area contributed by atoms with Crippen molar-refractivity contribution in [1.82, 2.24) is 9.78 Å². The first kappa shape index (κ1) is 12.2. The Bertz CT molecular complexity index is 296. The van der Waals surface area contributed by atoms with Crippen LogP contribution in [0.3, 0.4) is 0 Å². The summed E-state index contributed by atoms with van der Waals surface area (Å²) in [4.78, 5) is 0. The summed E-state index contributed by atoms with van der Waals surface area (Å²) >= 11 is 0. The van der Waals surface area contributed by atoms with E-state index < -0.39 is 0 Å². The quantitative estimate of drug-likeness (QED) is 0.805. The lowest BCUT2D eigenvalue weighted by atomic mass is 10.1. The number of nitrogens with zero attached hydrogens (tertiary/aromatic N) is 2. The Balaban J connectivity index is 2.74. The van der Waals surface area contributed by atoms with Gasteiger partial charge in [0.15, 0.2) is 0 Å². The van der Waals surface area contributed by atoms with E-state index in [1.54, 1.807) is 4.68 Å². The Hall–Kier alpha value is -0.870. The SMILES string of the molecule is CCC(C)OC(c1cnn(C)c1)C(C)N. The molecule has 1 rings (SSSR count). The van der Waals surface area contributed by atoms with Crippen molar-refractivity contribution in [3.8, 4) is 0 Å². The van der Waals surface area contributed by atoms with Crippen LogP contribution in [0.4, 0.5) is 0 Å². The molecule has 3 atom stereocenters.